The first-order chi connectivity index (χ1) is 20.1. The van der Waals surface area contributed by atoms with E-state index in [-0.39, 0.29) is 0 Å². The second kappa shape index (κ2) is 16.6. The second-order valence-electron chi connectivity index (χ2n) is 9.10. The summed E-state index contributed by atoms with van der Waals surface area (Å²) in [5, 5.41) is 23.5. The predicted octanol–water partition coefficient (Wildman–Crippen LogP) is 3.61. The van der Waals surface area contributed by atoms with Gasteiger partial charge in [-0.1, -0.05) is 6.07 Å². The van der Waals surface area contributed by atoms with Crippen LogP contribution in [-0.2, 0) is 40.6 Å². The first kappa shape index (κ1) is 38.6. The number of alkyl halides is 9. The quantitative estimate of drug-likeness (QED) is 0.413. The molecule has 0 aromatic carbocycles. The smallest absolute Gasteiger partial charge is 0.475 e. The van der Waals surface area contributed by atoms with Crippen LogP contribution in [0.3, 0.4) is 0 Å². The van der Waals surface area contributed by atoms with Gasteiger partial charge in [0.05, 0.1) is 12.2 Å². The van der Waals surface area contributed by atoms with E-state index < -0.39 is 36.4 Å². The topological polar surface area (TPSA) is 139 Å². The van der Waals surface area contributed by atoms with E-state index in [1.165, 1.54) is 42.6 Å². The lowest BCUT2D eigenvalue weighted by atomic mass is 10.3. The van der Waals surface area contributed by atoms with Crippen LogP contribution in [0.15, 0.2) is 23.7 Å². The number of fused-ring (bicyclic) bond motifs is 1. The van der Waals surface area contributed by atoms with Gasteiger partial charge in [-0.2, -0.15) is 39.5 Å². The number of likely N-dealkylation sites (N-methyl/N-ethyl adjacent to an activating group) is 1. The van der Waals surface area contributed by atoms with Gasteiger partial charge in [-0.3, -0.25) is 9.80 Å². The van der Waals surface area contributed by atoms with Crippen LogP contribution in [0.4, 0.5) is 39.5 Å². The van der Waals surface area contributed by atoms with Gasteiger partial charge in [-0.25, -0.2) is 19.4 Å². The first-order valence-corrected chi connectivity index (χ1v) is 13.1. The van der Waals surface area contributed by atoms with Gasteiger partial charge < -0.3 is 24.8 Å². The van der Waals surface area contributed by atoms with E-state index in [1.54, 1.807) is 0 Å². The maximum Gasteiger partial charge on any atom is 0.490 e. The number of carboxylic acid groups (broad SMARTS) is 3. The summed E-state index contributed by atoms with van der Waals surface area (Å²) in [6.07, 6.45) is -13.2. The predicted molar refractivity (Wildman–Crippen MR) is 135 cm³/mol. The molecule has 0 spiro atoms. The molecule has 0 unspecified atom stereocenters. The van der Waals surface area contributed by atoms with E-state index in [0.717, 1.165) is 32.7 Å². The highest BCUT2D eigenvalue weighted by Crippen LogP contribution is 2.20. The van der Waals surface area contributed by atoms with Gasteiger partial charge in [-0.05, 0) is 18.5 Å². The van der Waals surface area contributed by atoms with E-state index in [9.17, 15) is 39.5 Å². The number of aromatic nitrogens is 2. The molecule has 0 atom stereocenters. The Kier molecular flexibility index (Phi) is 14.6. The molecule has 44 heavy (non-hydrogen) atoms. The fourth-order valence-electron chi connectivity index (χ4n) is 3.49. The normalized spacial score (nSPS) is 16.2. The van der Waals surface area contributed by atoms with Crippen LogP contribution in [-0.4, -0.2) is 116 Å². The molecule has 1 saturated heterocycles. The maximum atomic E-state index is 10.6. The van der Waals surface area contributed by atoms with Gasteiger partial charge >= 0.3 is 36.4 Å². The number of halogens is 9. The van der Waals surface area contributed by atoms with Crippen LogP contribution >= 0.6 is 11.3 Å². The summed E-state index contributed by atoms with van der Waals surface area (Å²) >= 11 is 1.85. The van der Waals surface area contributed by atoms with Gasteiger partial charge in [0, 0.05) is 63.4 Å². The van der Waals surface area contributed by atoms with Gasteiger partial charge in [0.25, 0.3) is 0 Å². The number of carbonyl (C=O) groups is 3. The average molecular weight is 674 g/mol. The second-order valence-corrected chi connectivity index (χ2v) is 10.1. The van der Waals surface area contributed by atoms with Gasteiger partial charge in [0.2, 0.25) is 0 Å². The van der Waals surface area contributed by atoms with Crippen LogP contribution in [0.1, 0.15) is 16.4 Å². The van der Waals surface area contributed by atoms with Gasteiger partial charge in [0.1, 0.15) is 5.82 Å². The van der Waals surface area contributed by atoms with Crippen LogP contribution in [0.25, 0.3) is 0 Å². The molecular weight excluding hydrogens is 645 g/mol. The molecule has 250 valence electrons. The minimum atomic E-state index is -5.08. The molecule has 4 heterocycles. The van der Waals surface area contributed by atoms with E-state index in [1.807, 2.05) is 11.3 Å². The van der Waals surface area contributed by atoms with Gasteiger partial charge in [-0.15, -0.1) is 11.3 Å². The number of hydrogen-bond donors (Lipinski definition) is 3. The molecule has 2 aliphatic rings. The minimum Gasteiger partial charge on any atom is -0.475 e. The first-order valence-electron chi connectivity index (χ1n) is 12.2. The molecule has 0 bridgehead atoms. The van der Waals surface area contributed by atoms with E-state index >= 15 is 0 Å². The number of aliphatic carboxylic acids is 3. The summed E-state index contributed by atoms with van der Waals surface area (Å²) in [4.78, 5) is 40.3. The summed E-state index contributed by atoms with van der Waals surface area (Å²) in [5.41, 5.74) is 1.39. The van der Waals surface area contributed by atoms with Crippen molar-refractivity contribution in [2.24, 2.45) is 0 Å². The molecule has 1 fully saturated rings. The SMILES string of the molecule is CN1CCN(Cc2cnc3n2CCN(Cc2cccs2)C3)CC1.O=C(O)C(F)(F)F.O=C(O)C(F)(F)F.O=C(O)C(F)(F)F. The summed E-state index contributed by atoms with van der Waals surface area (Å²) < 4.78 is 97.7. The molecule has 0 radical (unpaired) electrons. The lowest BCUT2D eigenvalue weighted by molar-refractivity contribution is -0.193. The largest absolute Gasteiger partial charge is 0.490 e. The van der Waals surface area contributed by atoms with Crippen molar-refractivity contribution in [3.8, 4) is 0 Å². The van der Waals surface area contributed by atoms with Gasteiger partial charge in [0.15, 0.2) is 0 Å². The Bertz CT molecular complexity index is 1140. The van der Waals surface area contributed by atoms with E-state index in [2.05, 4.69) is 50.0 Å². The van der Waals surface area contributed by atoms with Crippen LogP contribution < -0.4 is 0 Å². The number of nitrogens with zero attached hydrogens (tertiary/aromatic N) is 5. The highest BCUT2D eigenvalue weighted by molar-refractivity contribution is 7.09. The number of piperazine rings is 1. The van der Waals surface area contributed by atoms with E-state index in [4.69, 9.17) is 34.7 Å². The van der Waals surface area contributed by atoms with Crippen molar-refractivity contribution in [3.63, 3.8) is 0 Å². The zero-order chi connectivity index (χ0) is 33.9. The molecule has 11 nitrogen and oxygen atoms in total. The molecule has 0 amide bonds. The lowest BCUT2D eigenvalue weighted by Gasteiger charge is -2.33. The molecule has 2 aromatic heterocycles. The molecular formula is C23H28F9N5O6S. The maximum absolute atomic E-state index is 10.6. The number of imidazole rings is 1. The zero-order valence-corrected chi connectivity index (χ0v) is 23.6. The van der Waals surface area contributed by atoms with Crippen LogP contribution in [0.5, 0.6) is 0 Å². The Balaban J connectivity index is 0.000000379. The van der Waals surface area contributed by atoms with Crippen molar-refractivity contribution < 1.29 is 69.2 Å². The fourth-order valence-corrected chi connectivity index (χ4v) is 4.24. The lowest BCUT2D eigenvalue weighted by Crippen LogP contribution is -2.44. The summed E-state index contributed by atoms with van der Waals surface area (Å²) in [6.45, 7) is 9.96. The van der Waals surface area contributed by atoms with Crippen molar-refractivity contribution in [2.45, 2.75) is 44.7 Å². The van der Waals surface area contributed by atoms with Crippen LogP contribution in [0.2, 0.25) is 0 Å². The number of rotatable bonds is 4. The number of hydrogen-bond acceptors (Lipinski definition) is 8. The molecule has 4 rings (SSSR count). The molecule has 3 N–H and O–H groups in total. The number of thiophene rings is 1. The van der Waals surface area contributed by atoms with Crippen molar-refractivity contribution in [1.82, 2.24) is 24.3 Å². The Morgan fingerprint density at radius 2 is 1.23 bits per heavy atom. The van der Waals surface area contributed by atoms with Crippen molar-refractivity contribution >= 4 is 29.2 Å². The molecule has 2 aromatic rings. The van der Waals surface area contributed by atoms with Crippen molar-refractivity contribution in [2.75, 3.05) is 39.8 Å². The van der Waals surface area contributed by atoms with Crippen molar-refractivity contribution in [1.29, 1.82) is 0 Å². The fraction of sp³-hybridized carbons (Fsp3) is 0.565. The Morgan fingerprint density at radius 1 is 0.773 bits per heavy atom. The third kappa shape index (κ3) is 14.4. The monoisotopic (exact) mass is 673 g/mol. The zero-order valence-electron chi connectivity index (χ0n) is 22.8. The Hall–Kier alpha value is -3.43. The molecule has 0 aliphatic carbocycles. The molecule has 21 heteroatoms. The third-order valence-corrected chi connectivity index (χ3v) is 6.56. The highest BCUT2D eigenvalue weighted by atomic mass is 32.1. The molecule has 0 saturated carbocycles. The Morgan fingerprint density at radius 3 is 1.64 bits per heavy atom. The summed E-state index contributed by atoms with van der Waals surface area (Å²) in [7, 11) is 2.21. The van der Waals surface area contributed by atoms with Crippen LogP contribution in [0, 0.1) is 0 Å². The molecule has 2 aliphatic heterocycles. The number of carboxylic acids is 3. The summed E-state index contributed by atoms with van der Waals surface area (Å²) in [5.74, 6) is -7.04. The van der Waals surface area contributed by atoms with Crippen molar-refractivity contribution in [3.05, 3.63) is 40.1 Å². The van der Waals surface area contributed by atoms with E-state index in [0.29, 0.717) is 0 Å². The minimum absolute atomic E-state index is 0.973. The standard InChI is InChI=1S/C17H25N5S.3C2HF3O2/c1-19-4-6-20(7-5-19)12-15-11-18-17-14-21(8-9-22(15)17)13-16-3-2-10-23-16;3*3-2(4,5)1(6)7/h2-3,10-11H,4-9,12-14H2,1H3;3*(H,6,7). The highest BCUT2D eigenvalue weighted by Gasteiger charge is 2.39. The average Bonchev–Trinajstić information content (AvgIpc) is 3.55. The third-order valence-electron chi connectivity index (χ3n) is 5.69. The Labute approximate surface area is 247 Å². The summed E-state index contributed by atoms with van der Waals surface area (Å²) in [6, 6.07) is 4.36.